The first-order valence-corrected chi connectivity index (χ1v) is 18.4. The molecule has 0 aliphatic rings. The Bertz CT molecular complexity index is 2830. The SMILES string of the molecule is Cc1cc(-n2c3ccc(-c4ccccc4)cc3c3cc(-c4ccccc4)ccc32)c(C)cc1-c1c2ccccc2c(-c2ccccc2)c2ccccc12. The van der Waals surface area contributed by atoms with Crippen molar-refractivity contribution < 1.29 is 0 Å². The Morgan fingerprint density at radius 2 is 0.717 bits per heavy atom. The molecule has 1 heterocycles. The van der Waals surface area contributed by atoms with Crippen LogP contribution in [0.15, 0.2) is 188 Å². The Hall–Kier alpha value is -6.70. The molecular formula is C52H37N. The number of hydrogen-bond acceptors (Lipinski definition) is 0. The van der Waals surface area contributed by atoms with Crippen LogP contribution in [-0.4, -0.2) is 4.57 Å². The monoisotopic (exact) mass is 675 g/mol. The molecule has 0 spiro atoms. The third-order valence-electron chi connectivity index (χ3n) is 11.0. The fraction of sp³-hybridized carbons (Fsp3) is 0.0385. The maximum atomic E-state index is 2.48. The van der Waals surface area contributed by atoms with Crippen LogP contribution in [0, 0.1) is 13.8 Å². The Balaban J connectivity index is 1.22. The molecule has 0 atom stereocenters. The summed E-state index contributed by atoms with van der Waals surface area (Å²) in [4.78, 5) is 0. The summed E-state index contributed by atoms with van der Waals surface area (Å²) in [6.07, 6.45) is 0. The van der Waals surface area contributed by atoms with Crippen molar-refractivity contribution in [3.8, 4) is 50.2 Å². The van der Waals surface area contributed by atoms with Gasteiger partial charge in [-0.25, -0.2) is 0 Å². The number of fused-ring (bicyclic) bond motifs is 5. The van der Waals surface area contributed by atoms with Crippen LogP contribution in [0.1, 0.15) is 11.1 Å². The van der Waals surface area contributed by atoms with Crippen LogP contribution in [0.5, 0.6) is 0 Å². The first kappa shape index (κ1) is 31.1. The zero-order valence-corrected chi connectivity index (χ0v) is 29.8. The van der Waals surface area contributed by atoms with Gasteiger partial charge in [-0.1, -0.05) is 152 Å². The molecule has 10 aromatic rings. The van der Waals surface area contributed by atoms with Gasteiger partial charge in [0.15, 0.2) is 0 Å². The number of hydrogen-bond donors (Lipinski definition) is 0. The molecule has 0 saturated heterocycles. The molecule has 0 saturated carbocycles. The fourth-order valence-corrected chi connectivity index (χ4v) is 8.55. The lowest BCUT2D eigenvalue weighted by molar-refractivity contribution is 1.14. The van der Waals surface area contributed by atoms with Gasteiger partial charge < -0.3 is 4.57 Å². The Labute approximate surface area is 310 Å². The van der Waals surface area contributed by atoms with E-state index < -0.39 is 0 Å². The standard InChI is InChI=1S/C52H37N/c1-34-31-50(35(2)30-45(34)52-43-24-14-12-22-41(43)51(38-20-10-5-11-21-38)42-23-13-15-25-44(42)52)53-48-28-26-39(36-16-6-3-7-17-36)32-46(48)47-33-40(27-29-49(47)53)37-18-8-4-9-19-37/h3-33H,1-2H3. The van der Waals surface area contributed by atoms with Gasteiger partial charge in [0.25, 0.3) is 0 Å². The van der Waals surface area contributed by atoms with Gasteiger partial charge in [-0.05, 0) is 127 Å². The van der Waals surface area contributed by atoms with Crippen molar-refractivity contribution in [1.82, 2.24) is 4.57 Å². The van der Waals surface area contributed by atoms with E-state index in [9.17, 15) is 0 Å². The van der Waals surface area contributed by atoms with E-state index in [4.69, 9.17) is 0 Å². The molecule has 0 fully saturated rings. The summed E-state index contributed by atoms with van der Waals surface area (Å²) in [5.41, 5.74) is 16.1. The van der Waals surface area contributed by atoms with Crippen molar-refractivity contribution in [2.24, 2.45) is 0 Å². The summed E-state index contributed by atoms with van der Waals surface area (Å²) in [7, 11) is 0. The highest BCUT2D eigenvalue weighted by Crippen LogP contribution is 2.46. The van der Waals surface area contributed by atoms with E-state index in [0.29, 0.717) is 0 Å². The van der Waals surface area contributed by atoms with E-state index in [2.05, 4.69) is 206 Å². The van der Waals surface area contributed by atoms with Crippen molar-refractivity contribution in [3.05, 3.63) is 199 Å². The minimum atomic E-state index is 1.21. The van der Waals surface area contributed by atoms with Crippen LogP contribution >= 0.6 is 0 Å². The maximum absolute atomic E-state index is 2.48. The van der Waals surface area contributed by atoms with Crippen molar-refractivity contribution in [3.63, 3.8) is 0 Å². The van der Waals surface area contributed by atoms with Crippen LogP contribution in [-0.2, 0) is 0 Å². The van der Waals surface area contributed by atoms with Crippen molar-refractivity contribution in [2.45, 2.75) is 13.8 Å². The van der Waals surface area contributed by atoms with Gasteiger partial charge in [-0.3, -0.25) is 0 Å². The zero-order valence-electron chi connectivity index (χ0n) is 29.8. The molecule has 1 heteroatoms. The normalized spacial score (nSPS) is 11.6. The van der Waals surface area contributed by atoms with Crippen LogP contribution in [0.25, 0.3) is 93.5 Å². The smallest absolute Gasteiger partial charge is 0.0541 e. The number of aromatic nitrogens is 1. The molecule has 0 radical (unpaired) electrons. The van der Waals surface area contributed by atoms with Crippen LogP contribution < -0.4 is 0 Å². The molecule has 53 heavy (non-hydrogen) atoms. The molecule has 10 rings (SSSR count). The fourth-order valence-electron chi connectivity index (χ4n) is 8.55. The quantitative estimate of drug-likeness (QED) is 0.160. The second-order valence-corrected chi connectivity index (χ2v) is 14.2. The summed E-state index contributed by atoms with van der Waals surface area (Å²) in [6, 6.07) is 68.9. The molecule has 0 amide bonds. The summed E-state index contributed by atoms with van der Waals surface area (Å²) >= 11 is 0. The molecule has 0 unspecified atom stereocenters. The van der Waals surface area contributed by atoms with Crippen molar-refractivity contribution in [2.75, 3.05) is 0 Å². The van der Waals surface area contributed by atoms with Gasteiger partial charge in [0.1, 0.15) is 0 Å². The summed E-state index contributed by atoms with van der Waals surface area (Å²) in [5, 5.41) is 7.62. The molecular weight excluding hydrogens is 639 g/mol. The minimum absolute atomic E-state index is 1.21. The van der Waals surface area contributed by atoms with Crippen LogP contribution in [0.4, 0.5) is 0 Å². The minimum Gasteiger partial charge on any atom is -0.309 e. The lowest BCUT2D eigenvalue weighted by Gasteiger charge is -2.21. The van der Waals surface area contributed by atoms with E-state index in [0.717, 1.165) is 0 Å². The third kappa shape index (κ3) is 5.08. The first-order chi connectivity index (χ1) is 26.1. The highest BCUT2D eigenvalue weighted by molar-refractivity contribution is 6.21. The average Bonchev–Trinajstić information content (AvgIpc) is 3.54. The largest absolute Gasteiger partial charge is 0.309 e. The van der Waals surface area contributed by atoms with Gasteiger partial charge in [-0.2, -0.15) is 0 Å². The van der Waals surface area contributed by atoms with Gasteiger partial charge in [-0.15, -0.1) is 0 Å². The topological polar surface area (TPSA) is 4.93 Å². The Kier molecular flexibility index (Phi) is 7.33. The predicted molar refractivity (Wildman–Crippen MR) is 227 cm³/mol. The molecule has 0 aliphatic carbocycles. The average molecular weight is 676 g/mol. The van der Waals surface area contributed by atoms with E-state index in [1.54, 1.807) is 0 Å². The van der Waals surface area contributed by atoms with Crippen molar-refractivity contribution >= 4 is 43.4 Å². The molecule has 1 nitrogen and oxygen atoms in total. The van der Waals surface area contributed by atoms with Gasteiger partial charge in [0.2, 0.25) is 0 Å². The number of nitrogens with zero attached hydrogens (tertiary/aromatic N) is 1. The molecule has 1 aromatic heterocycles. The highest BCUT2D eigenvalue weighted by atomic mass is 15.0. The number of aryl methyl sites for hydroxylation is 2. The van der Waals surface area contributed by atoms with Crippen LogP contribution in [0.3, 0.4) is 0 Å². The lowest BCUT2D eigenvalue weighted by atomic mass is 9.84. The van der Waals surface area contributed by atoms with E-state index in [-0.39, 0.29) is 0 Å². The van der Waals surface area contributed by atoms with Gasteiger partial charge >= 0.3 is 0 Å². The molecule has 0 N–H and O–H groups in total. The molecule has 0 aliphatic heterocycles. The van der Waals surface area contributed by atoms with Gasteiger partial charge in [0.05, 0.1) is 11.0 Å². The van der Waals surface area contributed by atoms with E-state index in [1.807, 2.05) is 0 Å². The van der Waals surface area contributed by atoms with E-state index in [1.165, 1.54) is 105 Å². The summed E-state index contributed by atoms with van der Waals surface area (Å²) < 4.78 is 2.48. The second-order valence-electron chi connectivity index (χ2n) is 14.2. The zero-order chi connectivity index (χ0) is 35.5. The van der Waals surface area contributed by atoms with E-state index >= 15 is 0 Å². The Morgan fingerprint density at radius 1 is 0.302 bits per heavy atom. The molecule has 250 valence electrons. The lowest BCUT2D eigenvalue weighted by Crippen LogP contribution is -2.00. The predicted octanol–water partition coefficient (Wildman–Crippen LogP) is 14.4. The highest BCUT2D eigenvalue weighted by Gasteiger charge is 2.21. The Morgan fingerprint density at radius 3 is 1.19 bits per heavy atom. The first-order valence-electron chi connectivity index (χ1n) is 18.4. The van der Waals surface area contributed by atoms with Gasteiger partial charge in [0, 0.05) is 16.5 Å². The molecule has 0 bridgehead atoms. The number of rotatable bonds is 5. The molecule has 9 aromatic carbocycles. The number of benzene rings is 9. The summed E-state index contributed by atoms with van der Waals surface area (Å²) in [6.45, 7) is 4.55. The van der Waals surface area contributed by atoms with Crippen LogP contribution in [0.2, 0.25) is 0 Å². The second kappa shape index (κ2) is 12.5. The van der Waals surface area contributed by atoms with Crippen molar-refractivity contribution in [1.29, 1.82) is 0 Å². The third-order valence-corrected chi connectivity index (χ3v) is 11.0. The summed E-state index contributed by atoms with van der Waals surface area (Å²) in [5.74, 6) is 0. The maximum Gasteiger partial charge on any atom is 0.0541 e.